The fourth-order valence-corrected chi connectivity index (χ4v) is 7.22. The number of aliphatic hydroxyl groups is 1. The molecule has 3 heterocycles. The van der Waals surface area contributed by atoms with Crippen LogP contribution in [0, 0.1) is 0 Å². The van der Waals surface area contributed by atoms with Gasteiger partial charge in [-0.2, -0.15) is 0 Å². The Kier molecular flexibility index (Phi) is 20.3. The maximum absolute atomic E-state index is 12.4. The first-order valence-electron chi connectivity index (χ1n) is 12.9. The third-order valence-corrected chi connectivity index (χ3v) is 9.98. The van der Waals surface area contributed by atoms with E-state index in [2.05, 4.69) is 28.4 Å². The van der Waals surface area contributed by atoms with E-state index in [-0.39, 0.29) is 106 Å². The first kappa shape index (κ1) is 48.4. The number of carbonyl (C=O) groups excluding carboxylic acids is 1. The fourth-order valence-electron chi connectivity index (χ4n) is 4.35. The van der Waals surface area contributed by atoms with Crippen molar-refractivity contribution in [3.8, 4) is 0 Å². The van der Waals surface area contributed by atoms with Crippen LogP contribution in [0.2, 0.25) is 0 Å². The molecular formula is C23H25Li4N4O15P3. The summed E-state index contributed by atoms with van der Waals surface area (Å²) in [6.45, 7) is -1.00. The number of benzene rings is 1. The van der Waals surface area contributed by atoms with E-state index in [1.807, 2.05) is 30.5 Å². The molecule has 1 aliphatic heterocycles. The van der Waals surface area contributed by atoms with E-state index >= 15 is 0 Å². The van der Waals surface area contributed by atoms with Gasteiger partial charge in [0.2, 0.25) is 5.91 Å². The standard InChI is InChI=1S/C23H29N4O15P3.4Li/c28-18-10-21(40-19(18)13-39-44(35,36)42-45(37,38)41-43(32,33)34)27-12-15(22(30)26-23(27)31)4-3-9-24-20(29)8-7-14-11-25-17-6-2-1-5-16(14)17;;;;/h1-6,11-12,18-19,21,25,28H,7-10,13H2,(H,24,29)(H,35,36)(H,37,38)(H,26,30,31)(H2,32,33,34);;;;/q;4*+1/p-4. The number of rotatable bonds is 14. The van der Waals surface area contributed by atoms with E-state index in [1.165, 1.54) is 12.2 Å². The van der Waals surface area contributed by atoms with Crippen LogP contribution in [0.4, 0.5) is 0 Å². The molecule has 5 unspecified atom stereocenters. The summed E-state index contributed by atoms with van der Waals surface area (Å²) in [6, 6.07) is 7.68. The van der Waals surface area contributed by atoms with Gasteiger partial charge in [-0.05, 0) is 18.1 Å². The molecule has 0 saturated carbocycles. The third kappa shape index (κ3) is 14.7. The number of para-hydroxylation sites is 1. The molecule has 246 valence electrons. The average Bonchev–Trinajstić information content (AvgIpc) is 3.50. The zero-order valence-electron chi connectivity index (χ0n) is 26.8. The Hall–Kier alpha value is -0.630. The number of aryl methyl sites for hydroxylation is 1. The monoisotopic (exact) mass is 718 g/mol. The first-order chi connectivity index (χ1) is 21.0. The second-order valence-corrected chi connectivity index (χ2v) is 13.8. The maximum atomic E-state index is 12.4. The second-order valence-electron chi connectivity index (χ2n) is 9.55. The van der Waals surface area contributed by atoms with Crippen LogP contribution in [0.25, 0.3) is 17.0 Å². The van der Waals surface area contributed by atoms with Gasteiger partial charge in [0, 0.05) is 42.7 Å². The van der Waals surface area contributed by atoms with Crippen molar-refractivity contribution in [3.63, 3.8) is 0 Å². The summed E-state index contributed by atoms with van der Waals surface area (Å²) in [5, 5.41) is 14.0. The summed E-state index contributed by atoms with van der Waals surface area (Å²) in [4.78, 5) is 86.1. The normalized spacial score (nSPS) is 19.8. The number of phosphoric ester groups is 1. The number of H-pyrrole nitrogens is 2. The topological polar surface area (TPSA) is 300 Å². The molecule has 4 N–H and O–H groups in total. The number of fused-ring (bicyclic) bond motifs is 1. The van der Waals surface area contributed by atoms with Crippen molar-refractivity contribution >= 4 is 46.4 Å². The van der Waals surface area contributed by atoms with Crippen molar-refractivity contribution in [1.82, 2.24) is 19.9 Å². The van der Waals surface area contributed by atoms with Crippen molar-refractivity contribution in [2.75, 3.05) is 13.2 Å². The Morgan fingerprint density at radius 1 is 1.06 bits per heavy atom. The van der Waals surface area contributed by atoms with Crippen LogP contribution in [-0.4, -0.2) is 50.9 Å². The van der Waals surface area contributed by atoms with Gasteiger partial charge < -0.3 is 48.8 Å². The molecule has 5 atom stereocenters. The Morgan fingerprint density at radius 2 is 1.73 bits per heavy atom. The second kappa shape index (κ2) is 20.6. The molecule has 4 rings (SSSR count). The van der Waals surface area contributed by atoms with E-state index in [0.29, 0.717) is 6.42 Å². The molecule has 0 aliphatic carbocycles. The van der Waals surface area contributed by atoms with E-state index in [4.69, 9.17) is 4.74 Å². The minimum atomic E-state index is -6.18. The van der Waals surface area contributed by atoms with Crippen molar-refractivity contribution in [1.29, 1.82) is 0 Å². The Labute approximate surface area is 326 Å². The minimum absolute atomic E-state index is 0. The molecule has 0 radical (unpaired) electrons. The van der Waals surface area contributed by atoms with Crippen LogP contribution < -0.4 is 112 Å². The molecule has 1 amide bonds. The number of hydrogen-bond acceptors (Lipinski definition) is 15. The number of nitrogens with one attached hydrogen (secondary N) is 3. The summed E-state index contributed by atoms with van der Waals surface area (Å²) in [7, 11) is -18.2. The zero-order chi connectivity index (χ0) is 33.0. The first-order valence-corrected chi connectivity index (χ1v) is 17.3. The summed E-state index contributed by atoms with van der Waals surface area (Å²) < 4.78 is 50.6. The van der Waals surface area contributed by atoms with Crippen LogP contribution >= 0.6 is 23.5 Å². The SMILES string of the molecule is O=C(CCc1c[nH]c2ccccc12)NCC=Cc1cn(C2CC(O)C(COP(=O)([O-])OP(=O)([O-])OP(=O)([O-])[O-])O2)c(=O)[nH]c1=O.[Li+].[Li+].[Li+].[Li+]. The Balaban J connectivity index is 0.00000576. The molecule has 0 bridgehead atoms. The van der Waals surface area contributed by atoms with Gasteiger partial charge >= 0.3 is 81.1 Å². The number of aromatic amines is 2. The van der Waals surface area contributed by atoms with Gasteiger partial charge in [0.05, 0.1) is 26.1 Å². The van der Waals surface area contributed by atoms with Crippen molar-refractivity contribution < 1.29 is 136 Å². The molecule has 2 aromatic heterocycles. The quantitative estimate of drug-likeness (QED) is 0.0889. The van der Waals surface area contributed by atoms with Gasteiger partial charge in [-0.3, -0.25) is 32.6 Å². The number of aromatic nitrogens is 3. The van der Waals surface area contributed by atoms with Gasteiger partial charge in [-0.25, -0.2) is 9.11 Å². The molecule has 1 aromatic carbocycles. The molecular weight excluding hydrogens is 693 g/mol. The largest absolute Gasteiger partial charge is 1.00 e. The number of ether oxygens (including phenoxy) is 1. The Bertz CT molecular complexity index is 1850. The van der Waals surface area contributed by atoms with Gasteiger partial charge in [0.1, 0.15) is 12.3 Å². The van der Waals surface area contributed by atoms with Crippen LogP contribution in [-0.2, 0) is 42.8 Å². The molecule has 1 saturated heterocycles. The smallest absolute Gasteiger partial charge is 0.790 e. The number of aliphatic hydroxyl groups excluding tert-OH is 1. The zero-order valence-corrected chi connectivity index (χ0v) is 29.5. The number of phosphoric acid groups is 3. The number of amides is 1. The molecule has 26 heteroatoms. The van der Waals surface area contributed by atoms with Gasteiger partial charge in [-0.1, -0.05) is 30.4 Å². The number of nitrogens with zero attached hydrogens (tertiary/aromatic N) is 1. The molecule has 49 heavy (non-hydrogen) atoms. The summed E-state index contributed by atoms with van der Waals surface area (Å²) in [5.41, 5.74) is 0.211. The van der Waals surface area contributed by atoms with E-state index in [0.717, 1.165) is 27.2 Å². The number of hydrogen-bond donors (Lipinski definition) is 4. The number of carbonyl (C=O) groups is 1. The molecule has 0 spiro atoms. The Morgan fingerprint density at radius 3 is 2.41 bits per heavy atom. The van der Waals surface area contributed by atoms with Gasteiger partial charge in [0.25, 0.3) is 21.2 Å². The summed E-state index contributed by atoms with van der Waals surface area (Å²) >= 11 is 0. The van der Waals surface area contributed by atoms with Crippen molar-refractivity contribution in [2.45, 2.75) is 37.7 Å². The predicted molar refractivity (Wildman–Crippen MR) is 145 cm³/mol. The molecule has 1 fully saturated rings. The van der Waals surface area contributed by atoms with Crippen LogP contribution in [0.3, 0.4) is 0 Å². The molecule has 1 aliphatic rings. The fraction of sp³-hybridized carbons (Fsp3) is 0.348. The van der Waals surface area contributed by atoms with Crippen molar-refractivity contribution in [3.05, 3.63) is 74.7 Å². The van der Waals surface area contributed by atoms with Gasteiger partial charge in [-0.15, -0.1) is 0 Å². The summed E-state index contributed by atoms with van der Waals surface area (Å²) in [6.07, 6.45) is 1.96. The third-order valence-electron chi connectivity index (χ3n) is 6.32. The van der Waals surface area contributed by atoms with E-state index in [9.17, 15) is 52.8 Å². The maximum Gasteiger partial charge on any atom is 1.00 e. The van der Waals surface area contributed by atoms with Gasteiger partial charge in [0.15, 0.2) is 0 Å². The minimum Gasteiger partial charge on any atom is -0.790 e. The van der Waals surface area contributed by atoms with Crippen LogP contribution in [0.1, 0.15) is 30.2 Å². The van der Waals surface area contributed by atoms with Crippen molar-refractivity contribution in [2.24, 2.45) is 0 Å². The van der Waals surface area contributed by atoms with Crippen LogP contribution in [0.5, 0.6) is 0 Å². The predicted octanol–water partition coefficient (Wildman–Crippen LogP) is -13.7. The molecule has 19 nitrogen and oxygen atoms in total. The van der Waals surface area contributed by atoms with E-state index < -0.39 is 59.8 Å². The van der Waals surface area contributed by atoms with E-state index in [1.54, 1.807) is 0 Å². The average molecular weight is 718 g/mol. The summed E-state index contributed by atoms with van der Waals surface area (Å²) in [5.74, 6) is -0.236. The van der Waals surface area contributed by atoms with Crippen LogP contribution in [0.15, 0.2) is 52.3 Å². The molecule has 3 aromatic rings.